The molecule has 3 nitrogen and oxygen atoms in total. The summed E-state index contributed by atoms with van der Waals surface area (Å²) in [5, 5.41) is 0. The van der Waals surface area contributed by atoms with Crippen molar-refractivity contribution in [1.82, 2.24) is 14.4 Å². The Kier molecular flexibility index (Phi) is 9.70. The van der Waals surface area contributed by atoms with Crippen LogP contribution >= 0.6 is 40.7 Å². The second kappa shape index (κ2) is 10.7. The number of rotatable bonds is 5. The number of hydrogen-bond acceptors (Lipinski definition) is 2. The van der Waals surface area contributed by atoms with Crippen molar-refractivity contribution in [3.05, 3.63) is 57.8 Å². The Labute approximate surface area is 178 Å². The van der Waals surface area contributed by atoms with E-state index in [4.69, 9.17) is 0 Å². The van der Waals surface area contributed by atoms with Crippen molar-refractivity contribution in [1.29, 1.82) is 0 Å². The molecule has 1 aromatic heterocycles. The van der Waals surface area contributed by atoms with Crippen molar-refractivity contribution in [2.75, 3.05) is 27.2 Å². The van der Waals surface area contributed by atoms with E-state index in [-0.39, 0.29) is 30.9 Å². The van der Waals surface area contributed by atoms with Crippen LogP contribution in [0.25, 0.3) is 0 Å². The first-order chi connectivity index (χ1) is 11.6. The second-order valence-electron chi connectivity index (χ2n) is 7.06. The third kappa shape index (κ3) is 5.49. The first kappa shape index (κ1) is 23.5. The highest BCUT2D eigenvalue weighted by molar-refractivity contribution is 9.10. The summed E-state index contributed by atoms with van der Waals surface area (Å²) in [5.41, 5.74) is 4.10. The molecule has 0 spiro atoms. The van der Waals surface area contributed by atoms with Gasteiger partial charge in [0.05, 0.1) is 6.04 Å². The molecule has 2 aromatic rings. The fourth-order valence-corrected chi connectivity index (χ4v) is 3.99. The Morgan fingerprint density at radius 2 is 1.58 bits per heavy atom. The van der Waals surface area contributed by atoms with Gasteiger partial charge in [0.2, 0.25) is 0 Å². The second-order valence-corrected chi connectivity index (χ2v) is 7.98. The van der Waals surface area contributed by atoms with E-state index >= 15 is 0 Å². The van der Waals surface area contributed by atoms with E-state index < -0.39 is 0 Å². The van der Waals surface area contributed by atoms with Gasteiger partial charge in [0.15, 0.2) is 0 Å². The van der Waals surface area contributed by atoms with E-state index in [1.165, 1.54) is 49.3 Å². The number of halogens is 3. The average Bonchev–Trinajstić information content (AvgIpc) is 2.91. The van der Waals surface area contributed by atoms with Crippen molar-refractivity contribution in [2.24, 2.45) is 7.05 Å². The van der Waals surface area contributed by atoms with Crippen LogP contribution in [-0.4, -0.2) is 41.6 Å². The molecular formula is C20H30BrCl2N3. The Morgan fingerprint density at radius 3 is 2.15 bits per heavy atom. The molecule has 1 fully saturated rings. The van der Waals surface area contributed by atoms with Gasteiger partial charge in [0.25, 0.3) is 0 Å². The number of likely N-dealkylation sites (tertiary alicyclic amines) is 1. The third-order valence-electron chi connectivity index (χ3n) is 5.08. The lowest BCUT2D eigenvalue weighted by Crippen LogP contribution is -2.30. The molecule has 0 bridgehead atoms. The summed E-state index contributed by atoms with van der Waals surface area (Å²) in [7, 11) is 6.53. The number of benzene rings is 1. The highest BCUT2D eigenvalue weighted by atomic mass is 79.9. The summed E-state index contributed by atoms with van der Waals surface area (Å²) in [6.07, 6.45) is 4.08. The molecule has 26 heavy (non-hydrogen) atoms. The Hall–Kier alpha value is -0.520. The summed E-state index contributed by atoms with van der Waals surface area (Å²) in [4.78, 5) is 4.89. The van der Waals surface area contributed by atoms with Crippen LogP contribution in [0, 0.1) is 0 Å². The zero-order valence-corrected chi connectivity index (χ0v) is 19.0. The topological polar surface area (TPSA) is 11.4 Å². The van der Waals surface area contributed by atoms with Crippen molar-refractivity contribution in [2.45, 2.75) is 31.8 Å². The molecular weight excluding hydrogens is 433 g/mol. The molecule has 0 amide bonds. The predicted molar refractivity (Wildman–Crippen MR) is 119 cm³/mol. The standard InChI is InChI=1S/C20H28BrN3.2ClH/c1-22(2)20(16-7-9-17(21)10-8-16)19-12-11-18(23(19)3)15-24-13-5-4-6-14-24;;/h7-12,20H,4-6,13-15H2,1-3H3;2*1H. The van der Waals surface area contributed by atoms with Crippen LogP contribution in [-0.2, 0) is 13.6 Å². The minimum Gasteiger partial charge on any atom is -0.349 e. The third-order valence-corrected chi connectivity index (χ3v) is 5.61. The zero-order chi connectivity index (χ0) is 17.1. The SMILES string of the molecule is CN(C)C(c1ccc(Br)cc1)c1ccc(CN2CCCCC2)n1C.Cl.Cl. The van der Waals surface area contributed by atoms with Crippen molar-refractivity contribution >= 4 is 40.7 Å². The van der Waals surface area contributed by atoms with Crippen molar-refractivity contribution < 1.29 is 0 Å². The summed E-state index contributed by atoms with van der Waals surface area (Å²) in [6, 6.07) is 13.6. The molecule has 146 valence electrons. The van der Waals surface area contributed by atoms with E-state index in [1.807, 2.05) is 0 Å². The van der Waals surface area contributed by atoms with E-state index in [0.717, 1.165) is 11.0 Å². The molecule has 0 N–H and O–H groups in total. The molecule has 1 unspecified atom stereocenters. The molecule has 0 aliphatic carbocycles. The first-order valence-corrected chi connectivity index (χ1v) is 9.64. The van der Waals surface area contributed by atoms with Crippen LogP contribution in [0.2, 0.25) is 0 Å². The van der Waals surface area contributed by atoms with Gasteiger partial charge >= 0.3 is 0 Å². The fourth-order valence-electron chi connectivity index (χ4n) is 3.73. The maximum absolute atomic E-state index is 3.54. The minimum absolute atomic E-state index is 0. The van der Waals surface area contributed by atoms with Gasteiger partial charge in [-0.1, -0.05) is 34.5 Å². The highest BCUT2D eigenvalue weighted by Crippen LogP contribution is 2.29. The van der Waals surface area contributed by atoms with E-state index in [0.29, 0.717) is 0 Å². The lowest BCUT2D eigenvalue weighted by Gasteiger charge is -2.28. The Morgan fingerprint density at radius 1 is 0.962 bits per heavy atom. The zero-order valence-electron chi connectivity index (χ0n) is 15.8. The molecule has 1 aromatic carbocycles. The summed E-state index contributed by atoms with van der Waals surface area (Å²) in [5.74, 6) is 0. The van der Waals surface area contributed by atoms with Gasteiger partial charge in [-0.3, -0.25) is 9.80 Å². The number of aromatic nitrogens is 1. The van der Waals surface area contributed by atoms with Crippen LogP contribution in [0.5, 0.6) is 0 Å². The molecule has 1 atom stereocenters. The first-order valence-electron chi connectivity index (χ1n) is 8.85. The quantitative estimate of drug-likeness (QED) is 0.599. The molecule has 2 heterocycles. The van der Waals surface area contributed by atoms with Gasteiger partial charge in [-0.25, -0.2) is 0 Å². The molecule has 0 saturated carbocycles. The molecule has 0 radical (unpaired) electrons. The number of piperidine rings is 1. The molecule has 3 rings (SSSR count). The van der Waals surface area contributed by atoms with Crippen LogP contribution < -0.4 is 0 Å². The van der Waals surface area contributed by atoms with Crippen LogP contribution in [0.15, 0.2) is 40.9 Å². The summed E-state index contributed by atoms with van der Waals surface area (Å²) >= 11 is 3.54. The van der Waals surface area contributed by atoms with Gasteiger partial charge in [-0.15, -0.1) is 24.8 Å². The Bertz CT molecular complexity index is 664. The van der Waals surface area contributed by atoms with Crippen LogP contribution in [0.1, 0.15) is 42.3 Å². The molecule has 6 heteroatoms. The van der Waals surface area contributed by atoms with Gasteiger partial charge in [-0.2, -0.15) is 0 Å². The van der Waals surface area contributed by atoms with Crippen molar-refractivity contribution in [3.8, 4) is 0 Å². The fraction of sp³-hybridized carbons (Fsp3) is 0.500. The summed E-state index contributed by atoms with van der Waals surface area (Å²) < 4.78 is 3.52. The predicted octanol–water partition coefficient (Wildman–Crippen LogP) is 5.27. The number of nitrogens with zero attached hydrogens (tertiary/aromatic N) is 3. The largest absolute Gasteiger partial charge is 0.349 e. The number of hydrogen-bond donors (Lipinski definition) is 0. The van der Waals surface area contributed by atoms with Crippen molar-refractivity contribution in [3.63, 3.8) is 0 Å². The van der Waals surface area contributed by atoms with Crippen LogP contribution in [0.3, 0.4) is 0 Å². The van der Waals surface area contributed by atoms with Gasteiger partial charge < -0.3 is 4.57 Å². The van der Waals surface area contributed by atoms with Gasteiger partial charge in [0.1, 0.15) is 0 Å². The molecule has 1 aliphatic rings. The van der Waals surface area contributed by atoms with Gasteiger partial charge in [-0.05, 0) is 69.9 Å². The lowest BCUT2D eigenvalue weighted by atomic mass is 10.0. The smallest absolute Gasteiger partial charge is 0.0751 e. The summed E-state index contributed by atoms with van der Waals surface area (Å²) in [6.45, 7) is 3.55. The Balaban J connectivity index is 0.00000169. The normalized spacial score (nSPS) is 16.0. The van der Waals surface area contributed by atoms with E-state index in [2.05, 4.69) is 87.8 Å². The molecule has 1 saturated heterocycles. The average molecular weight is 463 g/mol. The molecule has 1 aliphatic heterocycles. The minimum atomic E-state index is 0. The van der Waals surface area contributed by atoms with Gasteiger partial charge in [0, 0.05) is 29.5 Å². The monoisotopic (exact) mass is 461 g/mol. The lowest BCUT2D eigenvalue weighted by molar-refractivity contribution is 0.216. The maximum Gasteiger partial charge on any atom is 0.0751 e. The van der Waals surface area contributed by atoms with Crippen LogP contribution in [0.4, 0.5) is 0 Å². The highest BCUT2D eigenvalue weighted by Gasteiger charge is 2.21. The van der Waals surface area contributed by atoms with E-state index in [1.54, 1.807) is 0 Å². The van der Waals surface area contributed by atoms with E-state index in [9.17, 15) is 0 Å². The maximum atomic E-state index is 3.54.